The lowest BCUT2D eigenvalue weighted by Gasteiger charge is -2.09. The Morgan fingerprint density at radius 2 is 1.92 bits per heavy atom. The summed E-state index contributed by atoms with van der Waals surface area (Å²) in [5.41, 5.74) is 1.15. The number of carboxylic acid groups (broad SMARTS) is 1. The van der Waals surface area contributed by atoms with Gasteiger partial charge < -0.3 is 9.84 Å². The van der Waals surface area contributed by atoms with E-state index >= 15 is 0 Å². The lowest BCUT2D eigenvalue weighted by Crippen LogP contribution is -2.13. The summed E-state index contributed by atoms with van der Waals surface area (Å²) in [6.45, 7) is -0.468. The maximum absolute atomic E-state index is 12.5. The summed E-state index contributed by atoms with van der Waals surface area (Å²) in [7, 11) is -3.83. The summed E-state index contributed by atoms with van der Waals surface area (Å²) in [6, 6.07) is 10.7. The molecule has 0 bridgehead atoms. The normalized spacial score (nSPS) is 11.3. The van der Waals surface area contributed by atoms with Crippen molar-refractivity contribution in [2.24, 2.45) is 0 Å². The molecule has 1 heterocycles. The third-order valence-corrected chi connectivity index (χ3v) is 4.96. The SMILES string of the molecule is O=C(O)COc1ccc(NS(=O)(=O)c2cccc3nsnc23)cc1. The molecule has 3 rings (SSSR count). The first-order valence-corrected chi connectivity index (χ1v) is 8.86. The lowest BCUT2D eigenvalue weighted by molar-refractivity contribution is -0.139. The number of anilines is 1. The Morgan fingerprint density at radius 3 is 2.62 bits per heavy atom. The van der Waals surface area contributed by atoms with Crippen molar-refractivity contribution in [2.45, 2.75) is 4.90 Å². The second kappa shape index (κ2) is 6.42. The zero-order chi connectivity index (χ0) is 17.2. The molecule has 0 radical (unpaired) electrons. The minimum atomic E-state index is -3.83. The molecule has 8 nitrogen and oxygen atoms in total. The van der Waals surface area contributed by atoms with E-state index in [2.05, 4.69) is 13.5 Å². The van der Waals surface area contributed by atoms with E-state index in [1.165, 1.54) is 30.3 Å². The third kappa shape index (κ3) is 3.44. The van der Waals surface area contributed by atoms with Gasteiger partial charge in [0.15, 0.2) is 6.61 Å². The molecule has 0 saturated heterocycles. The number of ether oxygens (including phenoxy) is 1. The smallest absolute Gasteiger partial charge is 0.341 e. The first kappa shape index (κ1) is 16.1. The molecule has 0 aliphatic carbocycles. The maximum atomic E-state index is 12.5. The molecule has 0 aliphatic heterocycles. The van der Waals surface area contributed by atoms with Gasteiger partial charge in [0.1, 0.15) is 21.7 Å². The van der Waals surface area contributed by atoms with E-state index in [4.69, 9.17) is 9.84 Å². The van der Waals surface area contributed by atoms with Gasteiger partial charge in [-0.05, 0) is 36.4 Å². The number of nitrogens with one attached hydrogen (secondary N) is 1. The van der Waals surface area contributed by atoms with E-state index in [0.717, 1.165) is 11.7 Å². The van der Waals surface area contributed by atoms with E-state index < -0.39 is 22.6 Å². The van der Waals surface area contributed by atoms with Crippen molar-refractivity contribution in [3.05, 3.63) is 42.5 Å². The van der Waals surface area contributed by atoms with Crippen LogP contribution in [0.1, 0.15) is 0 Å². The molecule has 124 valence electrons. The van der Waals surface area contributed by atoms with Crippen LogP contribution in [-0.2, 0) is 14.8 Å². The number of benzene rings is 2. The van der Waals surface area contributed by atoms with Crippen molar-refractivity contribution < 1.29 is 23.1 Å². The van der Waals surface area contributed by atoms with Gasteiger partial charge >= 0.3 is 5.97 Å². The fourth-order valence-electron chi connectivity index (χ4n) is 1.97. The van der Waals surface area contributed by atoms with Gasteiger partial charge in [-0.3, -0.25) is 4.72 Å². The van der Waals surface area contributed by atoms with E-state index in [9.17, 15) is 13.2 Å². The molecule has 0 aliphatic rings. The molecule has 0 unspecified atom stereocenters. The molecule has 24 heavy (non-hydrogen) atoms. The second-order valence-corrected chi connectivity index (χ2v) is 6.88. The maximum Gasteiger partial charge on any atom is 0.341 e. The summed E-state index contributed by atoms with van der Waals surface area (Å²) in [4.78, 5) is 10.5. The number of rotatable bonds is 6. The highest BCUT2D eigenvalue weighted by Crippen LogP contribution is 2.24. The topological polar surface area (TPSA) is 118 Å². The number of carboxylic acids is 1. The Morgan fingerprint density at radius 1 is 1.17 bits per heavy atom. The molecule has 10 heteroatoms. The Balaban J connectivity index is 1.82. The standard InChI is InChI=1S/C14H11N3O5S2/c18-13(19)8-22-10-6-4-9(5-7-10)17-24(20,21)12-3-1-2-11-14(12)16-23-15-11/h1-7,17H,8H2,(H,18,19). The van der Waals surface area contributed by atoms with Gasteiger partial charge in [-0.1, -0.05) is 6.07 Å². The van der Waals surface area contributed by atoms with Crippen molar-refractivity contribution in [3.63, 3.8) is 0 Å². The highest BCUT2D eigenvalue weighted by molar-refractivity contribution is 7.93. The zero-order valence-corrected chi connectivity index (χ0v) is 13.7. The number of aliphatic carboxylic acids is 1. The molecule has 0 fully saturated rings. The van der Waals surface area contributed by atoms with Crippen LogP contribution in [0.3, 0.4) is 0 Å². The van der Waals surface area contributed by atoms with Gasteiger partial charge in [-0.25, -0.2) is 13.2 Å². The van der Waals surface area contributed by atoms with Crippen LogP contribution in [0.15, 0.2) is 47.4 Å². The van der Waals surface area contributed by atoms with Crippen LogP contribution < -0.4 is 9.46 Å². The highest BCUT2D eigenvalue weighted by atomic mass is 32.2. The van der Waals surface area contributed by atoms with E-state index in [-0.39, 0.29) is 4.90 Å². The van der Waals surface area contributed by atoms with Crippen LogP contribution in [0.5, 0.6) is 5.75 Å². The van der Waals surface area contributed by atoms with Crippen molar-refractivity contribution in [1.29, 1.82) is 0 Å². The predicted octanol–water partition coefficient (Wildman–Crippen LogP) is 1.96. The summed E-state index contributed by atoms with van der Waals surface area (Å²) >= 11 is 0.942. The fourth-order valence-corrected chi connectivity index (χ4v) is 3.80. The Labute approximate surface area is 141 Å². The van der Waals surface area contributed by atoms with Crippen molar-refractivity contribution >= 4 is 44.4 Å². The first-order chi connectivity index (χ1) is 11.5. The van der Waals surface area contributed by atoms with Gasteiger partial charge in [0, 0.05) is 5.69 Å². The van der Waals surface area contributed by atoms with Crippen molar-refractivity contribution in [1.82, 2.24) is 8.75 Å². The van der Waals surface area contributed by atoms with Gasteiger partial charge in [0.2, 0.25) is 0 Å². The van der Waals surface area contributed by atoms with Crippen molar-refractivity contribution in [2.75, 3.05) is 11.3 Å². The van der Waals surface area contributed by atoms with Crippen LogP contribution in [-0.4, -0.2) is 34.8 Å². The Hall–Kier alpha value is -2.72. The minimum absolute atomic E-state index is 0.0416. The molecule has 2 aromatic carbocycles. The summed E-state index contributed by atoms with van der Waals surface area (Å²) < 4.78 is 40.5. The number of hydrogen-bond acceptors (Lipinski definition) is 7. The number of hydrogen-bond donors (Lipinski definition) is 2. The van der Waals surface area contributed by atoms with Crippen LogP contribution in [0.25, 0.3) is 11.0 Å². The monoisotopic (exact) mass is 365 g/mol. The average Bonchev–Trinajstić information content (AvgIpc) is 3.02. The van der Waals surface area contributed by atoms with Crippen LogP contribution in [0, 0.1) is 0 Å². The summed E-state index contributed by atoms with van der Waals surface area (Å²) in [6.07, 6.45) is 0. The van der Waals surface area contributed by atoms with Gasteiger partial charge in [0.25, 0.3) is 10.0 Å². The van der Waals surface area contributed by atoms with E-state index in [1.54, 1.807) is 12.1 Å². The van der Waals surface area contributed by atoms with Gasteiger partial charge in [-0.2, -0.15) is 8.75 Å². The number of nitrogens with zero attached hydrogens (tertiary/aromatic N) is 2. The fraction of sp³-hybridized carbons (Fsp3) is 0.0714. The lowest BCUT2D eigenvalue weighted by atomic mass is 10.3. The molecule has 0 atom stereocenters. The van der Waals surface area contributed by atoms with E-state index in [0.29, 0.717) is 22.5 Å². The number of fused-ring (bicyclic) bond motifs is 1. The molecule has 0 saturated carbocycles. The van der Waals surface area contributed by atoms with Gasteiger partial charge in [-0.15, -0.1) is 0 Å². The highest BCUT2D eigenvalue weighted by Gasteiger charge is 2.19. The second-order valence-electron chi connectivity index (χ2n) is 4.70. The first-order valence-electron chi connectivity index (χ1n) is 6.64. The average molecular weight is 365 g/mol. The Bertz CT molecular complexity index is 983. The summed E-state index contributed by atoms with van der Waals surface area (Å²) in [5.74, 6) is -0.768. The zero-order valence-electron chi connectivity index (χ0n) is 12.0. The van der Waals surface area contributed by atoms with Gasteiger partial charge in [0.05, 0.1) is 11.7 Å². The van der Waals surface area contributed by atoms with E-state index in [1.807, 2.05) is 0 Å². The van der Waals surface area contributed by atoms with Crippen molar-refractivity contribution in [3.8, 4) is 5.75 Å². The molecule has 1 aromatic heterocycles. The summed E-state index contributed by atoms with van der Waals surface area (Å²) in [5, 5.41) is 8.55. The molecule has 3 aromatic rings. The molecule has 2 N–H and O–H groups in total. The molecule has 0 amide bonds. The number of sulfonamides is 1. The van der Waals surface area contributed by atoms with Crippen LogP contribution >= 0.6 is 11.7 Å². The van der Waals surface area contributed by atoms with Crippen LogP contribution in [0.2, 0.25) is 0 Å². The quantitative estimate of drug-likeness (QED) is 0.685. The molecular formula is C14H11N3O5S2. The minimum Gasteiger partial charge on any atom is -0.482 e. The van der Waals surface area contributed by atoms with Crippen LogP contribution in [0.4, 0.5) is 5.69 Å². The largest absolute Gasteiger partial charge is 0.482 e. The molecule has 0 spiro atoms. The number of carbonyl (C=O) groups is 1. The number of aromatic nitrogens is 2. The predicted molar refractivity (Wildman–Crippen MR) is 87.8 cm³/mol. The Kier molecular flexibility index (Phi) is 4.32. The molecular weight excluding hydrogens is 354 g/mol. The third-order valence-electron chi connectivity index (χ3n) is 3.01.